The van der Waals surface area contributed by atoms with Gasteiger partial charge in [0.15, 0.2) is 0 Å². The van der Waals surface area contributed by atoms with Gasteiger partial charge in [-0.15, -0.1) is 11.3 Å². The highest BCUT2D eigenvalue weighted by Crippen LogP contribution is 2.28. The molecule has 54 valence electrons. The number of nitrogens with two attached hydrogens (primary N) is 1. The van der Waals surface area contributed by atoms with Crippen molar-refractivity contribution in [3.63, 3.8) is 0 Å². The number of carboxylic acid groups (broad SMARTS) is 1. The van der Waals surface area contributed by atoms with E-state index in [9.17, 15) is 4.79 Å². The quantitative estimate of drug-likeness (QED) is 0.686. The summed E-state index contributed by atoms with van der Waals surface area (Å²) in [5, 5.41) is 8.45. The van der Waals surface area contributed by atoms with Crippen LogP contribution in [0.2, 0.25) is 4.34 Å². The number of anilines is 1. The van der Waals surface area contributed by atoms with Gasteiger partial charge in [0, 0.05) is 0 Å². The van der Waals surface area contributed by atoms with Gasteiger partial charge in [0.05, 0.1) is 10.0 Å². The first-order chi connectivity index (χ1) is 4.61. The molecule has 3 nitrogen and oxygen atoms in total. The van der Waals surface area contributed by atoms with Gasteiger partial charge in [-0.05, 0) is 6.07 Å². The Morgan fingerprint density at radius 1 is 1.80 bits per heavy atom. The van der Waals surface area contributed by atoms with Gasteiger partial charge in [-0.3, -0.25) is 0 Å². The average Bonchev–Trinajstić information content (AvgIpc) is 2.10. The maximum Gasteiger partial charge on any atom is 0.348 e. The number of carboxylic acids is 1. The topological polar surface area (TPSA) is 63.3 Å². The predicted molar refractivity (Wildman–Crippen MR) is 40.7 cm³/mol. The third-order valence-corrected chi connectivity index (χ3v) is 2.19. The Hall–Kier alpha value is -0.740. The number of hydrogen-bond acceptors (Lipinski definition) is 3. The summed E-state index contributed by atoms with van der Waals surface area (Å²) >= 11 is 6.45. The van der Waals surface area contributed by atoms with E-state index in [1.165, 1.54) is 6.07 Å². The molecule has 0 fully saturated rings. The van der Waals surface area contributed by atoms with Crippen LogP contribution >= 0.6 is 22.9 Å². The molecular weight excluding hydrogens is 174 g/mol. The lowest BCUT2D eigenvalue weighted by Gasteiger charge is -1.86. The van der Waals surface area contributed by atoms with Crippen molar-refractivity contribution in [2.24, 2.45) is 0 Å². The molecule has 1 aromatic heterocycles. The largest absolute Gasteiger partial charge is 0.477 e. The molecule has 10 heavy (non-hydrogen) atoms. The minimum atomic E-state index is -1.03. The van der Waals surface area contributed by atoms with Crippen LogP contribution in [0.5, 0.6) is 0 Å². The summed E-state index contributed by atoms with van der Waals surface area (Å²) in [5.41, 5.74) is 5.51. The normalized spacial score (nSPS) is 9.70. The fraction of sp³-hybridized carbons (Fsp3) is 0. The smallest absolute Gasteiger partial charge is 0.348 e. The standard InChI is InChI=1S/C5H4ClNO2S/c6-3-1-2(7)4(10-3)5(8)9/h1H,7H2,(H,8,9). The number of halogens is 1. The van der Waals surface area contributed by atoms with Crippen molar-refractivity contribution in [2.75, 3.05) is 5.73 Å². The van der Waals surface area contributed by atoms with Crippen molar-refractivity contribution in [1.29, 1.82) is 0 Å². The molecule has 0 aliphatic heterocycles. The zero-order valence-electron chi connectivity index (χ0n) is 4.80. The van der Waals surface area contributed by atoms with E-state index in [2.05, 4.69) is 0 Å². The van der Waals surface area contributed by atoms with E-state index >= 15 is 0 Å². The molecule has 0 radical (unpaired) electrons. The van der Waals surface area contributed by atoms with E-state index in [1.807, 2.05) is 0 Å². The summed E-state index contributed by atoms with van der Waals surface area (Å²) in [5.74, 6) is -1.03. The van der Waals surface area contributed by atoms with Crippen molar-refractivity contribution in [3.05, 3.63) is 15.3 Å². The molecule has 1 heterocycles. The van der Waals surface area contributed by atoms with E-state index in [-0.39, 0.29) is 10.6 Å². The first-order valence-electron chi connectivity index (χ1n) is 2.39. The van der Waals surface area contributed by atoms with Crippen LogP contribution in [0.3, 0.4) is 0 Å². The van der Waals surface area contributed by atoms with Crippen LogP contribution in [0.25, 0.3) is 0 Å². The fourth-order valence-electron chi connectivity index (χ4n) is 0.541. The van der Waals surface area contributed by atoms with Crippen LogP contribution in [-0.2, 0) is 0 Å². The lowest BCUT2D eigenvalue weighted by atomic mass is 10.4. The van der Waals surface area contributed by atoms with Crippen molar-refractivity contribution in [1.82, 2.24) is 0 Å². The Labute approximate surface area is 66.0 Å². The van der Waals surface area contributed by atoms with Gasteiger partial charge >= 0.3 is 5.97 Å². The van der Waals surface area contributed by atoms with E-state index < -0.39 is 5.97 Å². The molecule has 0 aliphatic rings. The third kappa shape index (κ3) is 1.22. The Balaban J connectivity index is 3.15. The number of carbonyl (C=O) groups is 1. The zero-order valence-corrected chi connectivity index (χ0v) is 6.37. The van der Waals surface area contributed by atoms with Crippen molar-refractivity contribution >= 4 is 34.6 Å². The highest BCUT2D eigenvalue weighted by molar-refractivity contribution is 7.18. The highest BCUT2D eigenvalue weighted by Gasteiger charge is 2.10. The Kier molecular flexibility index (Phi) is 1.82. The monoisotopic (exact) mass is 177 g/mol. The Morgan fingerprint density at radius 3 is 2.60 bits per heavy atom. The van der Waals surface area contributed by atoms with Crippen molar-refractivity contribution in [3.8, 4) is 0 Å². The first-order valence-corrected chi connectivity index (χ1v) is 3.59. The van der Waals surface area contributed by atoms with E-state index in [0.717, 1.165) is 11.3 Å². The SMILES string of the molecule is Nc1cc(Cl)sc1C(=O)O. The molecule has 1 aromatic rings. The molecule has 0 saturated carbocycles. The van der Waals surface area contributed by atoms with Crippen LogP contribution in [0.15, 0.2) is 6.07 Å². The molecule has 0 aliphatic carbocycles. The minimum Gasteiger partial charge on any atom is -0.477 e. The second kappa shape index (κ2) is 2.48. The van der Waals surface area contributed by atoms with Gasteiger partial charge in [-0.25, -0.2) is 4.79 Å². The van der Waals surface area contributed by atoms with Gasteiger partial charge in [0.1, 0.15) is 4.88 Å². The molecule has 0 saturated heterocycles. The number of aromatic carboxylic acids is 1. The number of hydrogen-bond donors (Lipinski definition) is 2. The van der Waals surface area contributed by atoms with Gasteiger partial charge < -0.3 is 10.8 Å². The molecule has 1 rings (SSSR count). The van der Waals surface area contributed by atoms with Crippen LogP contribution in [0, 0.1) is 0 Å². The molecule has 0 aromatic carbocycles. The minimum absolute atomic E-state index is 0.102. The van der Waals surface area contributed by atoms with E-state index in [0.29, 0.717) is 4.34 Å². The summed E-state index contributed by atoms with van der Waals surface area (Å²) in [6.07, 6.45) is 0. The maximum atomic E-state index is 10.3. The molecule has 5 heteroatoms. The number of thiophene rings is 1. The summed E-state index contributed by atoms with van der Waals surface area (Å²) in [4.78, 5) is 10.4. The average molecular weight is 178 g/mol. The maximum absolute atomic E-state index is 10.3. The lowest BCUT2D eigenvalue weighted by molar-refractivity contribution is 0.0703. The van der Waals surface area contributed by atoms with Crippen LogP contribution in [-0.4, -0.2) is 11.1 Å². The number of rotatable bonds is 1. The van der Waals surface area contributed by atoms with Crippen LogP contribution in [0.1, 0.15) is 9.67 Å². The van der Waals surface area contributed by atoms with E-state index in [1.54, 1.807) is 0 Å². The van der Waals surface area contributed by atoms with Gasteiger partial charge in [0.2, 0.25) is 0 Å². The van der Waals surface area contributed by atoms with Crippen molar-refractivity contribution < 1.29 is 9.90 Å². The molecule has 0 spiro atoms. The van der Waals surface area contributed by atoms with Crippen LogP contribution < -0.4 is 5.73 Å². The summed E-state index contributed by atoms with van der Waals surface area (Å²) in [6, 6.07) is 1.43. The predicted octanol–water partition coefficient (Wildman–Crippen LogP) is 1.68. The zero-order chi connectivity index (χ0) is 7.72. The Bertz CT molecular complexity index is 271. The van der Waals surface area contributed by atoms with Crippen molar-refractivity contribution in [2.45, 2.75) is 0 Å². The molecule has 0 amide bonds. The molecular formula is C5H4ClNO2S. The summed E-state index contributed by atoms with van der Waals surface area (Å²) in [7, 11) is 0. The fourth-order valence-corrected chi connectivity index (χ4v) is 1.53. The third-order valence-electron chi connectivity index (χ3n) is 0.925. The van der Waals surface area contributed by atoms with E-state index in [4.69, 9.17) is 22.4 Å². The Morgan fingerprint density at radius 2 is 2.40 bits per heavy atom. The second-order valence-corrected chi connectivity index (χ2v) is 3.32. The molecule has 0 unspecified atom stereocenters. The van der Waals surface area contributed by atoms with Crippen LogP contribution in [0.4, 0.5) is 5.69 Å². The summed E-state index contributed by atoms with van der Waals surface area (Å²) < 4.78 is 0.398. The highest BCUT2D eigenvalue weighted by atomic mass is 35.5. The molecule has 0 bridgehead atoms. The van der Waals surface area contributed by atoms with Gasteiger partial charge in [-0.1, -0.05) is 11.6 Å². The molecule has 3 N–H and O–H groups in total. The first kappa shape index (κ1) is 7.37. The van der Waals surface area contributed by atoms with Gasteiger partial charge in [0.25, 0.3) is 0 Å². The van der Waals surface area contributed by atoms with Gasteiger partial charge in [-0.2, -0.15) is 0 Å². The number of nitrogen functional groups attached to an aromatic ring is 1. The lowest BCUT2D eigenvalue weighted by Crippen LogP contribution is -1.96. The summed E-state index contributed by atoms with van der Waals surface area (Å²) in [6.45, 7) is 0. The molecule has 0 atom stereocenters. The second-order valence-electron chi connectivity index (χ2n) is 1.64.